The van der Waals surface area contributed by atoms with Crippen LogP contribution in [0, 0.1) is 17.5 Å². The SMILES string of the molecule is CCNn1c(Nc2c[nH]c3c(F)cc(F)cc23)nc2cc(C(F)(F)F)cc(F)c21.Cl. The maximum Gasteiger partial charge on any atom is 0.416 e. The molecule has 0 radical (unpaired) electrons. The zero-order valence-corrected chi connectivity index (χ0v) is 16.0. The van der Waals surface area contributed by atoms with Gasteiger partial charge in [-0.1, -0.05) is 0 Å². The summed E-state index contributed by atoms with van der Waals surface area (Å²) in [6.07, 6.45) is -3.39. The molecule has 0 bridgehead atoms. The summed E-state index contributed by atoms with van der Waals surface area (Å²) in [6.45, 7) is 2.01. The van der Waals surface area contributed by atoms with Crippen molar-refractivity contribution in [2.24, 2.45) is 0 Å². The highest BCUT2D eigenvalue weighted by molar-refractivity contribution is 5.94. The summed E-state index contributed by atoms with van der Waals surface area (Å²) in [4.78, 5) is 6.69. The van der Waals surface area contributed by atoms with Crippen LogP contribution in [0.2, 0.25) is 0 Å². The summed E-state index contributed by atoms with van der Waals surface area (Å²) in [7, 11) is 0. The number of nitrogens with one attached hydrogen (secondary N) is 3. The molecule has 0 amide bonds. The fraction of sp³-hybridized carbons (Fsp3) is 0.167. The summed E-state index contributed by atoms with van der Waals surface area (Å²) in [5.74, 6) is -2.79. The summed E-state index contributed by atoms with van der Waals surface area (Å²) in [6, 6.07) is 2.91. The highest BCUT2D eigenvalue weighted by atomic mass is 35.5. The molecule has 0 saturated heterocycles. The van der Waals surface area contributed by atoms with Crippen molar-refractivity contribution < 1.29 is 26.3 Å². The molecule has 12 heteroatoms. The van der Waals surface area contributed by atoms with Crippen molar-refractivity contribution >= 4 is 46.0 Å². The predicted octanol–water partition coefficient (Wildman–Crippen LogP) is 5.68. The molecular formula is C18H14ClF6N5. The molecule has 30 heavy (non-hydrogen) atoms. The molecule has 3 N–H and O–H groups in total. The first kappa shape index (κ1) is 21.6. The quantitative estimate of drug-likeness (QED) is 0.351. The fourth-order valence-electron chi connectivity index (χ4n) is 3.10. The third-order valence-corrected chi connectivity index (χ3v) is 4.30. The Kier molecular flexibility index (Phi) is 5.50. The number of benzene rings is 2. The van der Waals surface area contributed by atoms with Gasteiger partial charge in [0.1, 0.15) is 17.2 Å². The Hall–Kier alpha value is -3.08. The lowest BCUT2D eigenvalue weighted by molar-refractivity contribution is -0.137. The molecule has 160 valence electrons. The van der Waals surface area contributed by atoms with Gasteiger partial charge < -0.3 is 15.7 Å². The number of aromatic nitrogens is 3. The van der Waals surface area contributed by atoms with Gasteiger partial charge in [-0.25, -0.2) is 22.8 Å². The van der Waals surface area contributed by atoms with Crippen LogP contribution in [0.1, 0.15) is 12.5 Å². The number of imidazole rings is 1. The van der Waals surface area contributed by atoms with Crippen LogP contribution in [0.15, 0.2) is 30.5 Å². The smallest absolute Gasteiger partial charge is 0.357 e. The highest BCUT2D eigenvalue weighted by Crippen LogP contribution is 2.35. The number of hydrogen-bond donors (Lipinski definition) is 3. The predicted molar refractivity (Wildman–Crippen MR) is 103 cm³/mol. The van der Waals surface area contributed by atoms with E-state index in [4.69, 9.17) is 0 Å². The Morgan fingerprint density at radius 3 is 2.47 bits per heavy atom. The average Bonchev–Trinajstić information content (AvgIpc) is 3.17. The van der Waals surface area contributed by atoms with Crippen LogP contribution in [0.5, 0.6) is 0 Å². The lowest BCUT2D eigenvalue weighted by atomic mass is 10.2. The average molecular weight is 450 g/mol. The third-order valence-electron chi connectivity index (χ3n) is 4.30. The molecular weight excluding hydrogens is 436 g/mol. The topological polar surface area (TPSA) is 57.7 Å². The zero-order valence-electron chi connectivity index (χ0n) is 15.2. The molecule has 2 heterocycles. The van der Waals surface area contributed by atoms with E-state index in [0.717, 1.165) is 16.8 Å². The summed E-state index contributed by atoms with van der Waals surface area (Å²) < 4.78 is 82.1. The molecule has 0 aliphatic heterocycles. The van der Waals surface area contributed by atoms with Crippen molar-refractivity contribution in [2.45, 2.75) is 13.1 Å². The lowest BCUT2D eigenvalue weighted by Crippen LogP contribution is -2.17. The van der Waals surface area contributed by atoms with Gasteiger partial charge in [0.25, 0.3) is 0 Å². The number of nitrogens with zero attached hydrogens (tertiary/aromatic N) is 2. The normalized spacial score (nSPS) is 11.7. The number of hydrogen-bond acceptors (Lipinski definition) is 3. The third kappa shape index (κ3) is 3.60. The molecule has 0 aliphatic rings. The molecule has 0 aliphatic carbocycles. The van der Waals surface area contributed by atoms with E-state index in [1.165, 1.54) is 6.20 Å². The maximum atomic E-state index is 14.5. The number of fused-ring (bicyclic) bond motifs is 2. The van der Waals surface area contributed by atoms with Crippen LogP contribution >= 0.6 is 12.4 Å². The Balaban J connectivity index is 0.00000256. The zero-order chi connectivity index (χ0) is 20.9. The largest absolute Gasteiger partial charge is 0.416 e. The molecule has 2 aromatic carbocycles. The molecule has 5 nitrogen and oxygen atoms in total. The standard InChI is InChI=1S/C18H13F6N5.ClH/c1-2-26-29-16-12(21)3-8(18(22,23)24)4-13(16)27-17(29)28-14-7-25-15-10(14)5-9(19)6-11(15)20;/h3-7,25-26H,2H2,1H3,(H,27,28);1H. The molecule has 4 aromatic rings. The van der Waals surface area contributed by atoms with Crippen LogP contribution in [-0.4, -0.2) is 21.2 Å². The van der Waals surface area contributed by atoms with Crippen LogP contribution < -0.4 is 10.7 Å². The molecule has 2 aromatic heterocycles. The van der Waals surface area contributed by atoms with Crippen LogP contribution in [-0.2, 0) is 6.18 Å². The second-order valence-electron chi connectivity index (χ2n) is 6.24. The van der Waals surface area contributed by atoms with Crippen LogP contribution in [0.25, 0.3) is 21.9 Å². The summed E-state index contributed by atoms with van der Waals surface area (Å²) in [5, 5.41) is 2.95. The van der Waals surface area contributed by atoms with E-state index in [9.17, 15) is 26.3 Å². The van der Waals surface area contributed by atoms with Crippen molar-refractivity contribution in [3.8, 4) is 0 Å². The molecule has 4 rings (SSSR count). The van der Waals surface area contributed by atoms with Gasteiger partial charge in [0.05, 0.1) is 22.3 Å². The summed E-state index contributed by atoms with van der Waals surface area (Å²) >= 11 is 0. The fourth-order valence-corrected chi connectivity index (χ4v) is 3.10. The van der Waals surface area contributed by atoms with E-state index in [1.54, 1.807) is 6.92 Å². The van der Waals surface area contributed by atoms with Gasteiger partial charge in [-0.05, 0) is 25.1 Å². The minimum Gasteiger partial charge on any atom is -0.357 e. The Labute approximate surface area is 171 Å². The minimum absolute atomic E-state index is 0. The van der Waals surface area contributed by atoms with E-state index in [2.05, 4.69) is 20.7 Å². The molecule has 0 saturated carbocycles. The van der Waals surface area contributed by atoms with Gasteiger partial charge in [0.15, 0.2) is 5.82 Å². The minimum atomic E-state index is -4.74. The van der Waals surface area contributed by atoms with Gasteiger partial charge in [0.2, 0.25) is 5.95 Å². The number of aromatic amines is 1. The lowest BCUT2D eigenvalue weighted by Gasteiger charge is -2.12. The first-order valence-corrected chi connectivity index (χ1v) is 8.45. The monoisotopic (exact) mass is 449 g/mol. The second-order valence-corrected chi connectivity index (χ2v) is 6.24. The first-order valence-electron chi connectivity index (χ1n) is 8.45. The van der Waals surface area contributed by atoms with Crippen LogP contribution in [0.3, 0.4) is 0 Å². The molecule has 0 spiro atoms. The molecule has 0 unspecified atom stereocenters. The van der Waals surface area contributed by atoms with E-state index in [0.29, 0.717) is 18.7 Å². The van der Waals surface area contributed by atoms with Gasteiger partial charge in [-0.3, -0.25) is 0 Å². The van der Waals surface area contributed by atoms with Gasteiger partial charge in [0, 0.05) is 24.2 Å². The molecule has 0 atom stereocenters. The van der Waals surface area contributed by atoms with Gasteiger partial charge in [-0.15, -0.1) is 12.4 Å². The number of halogens is 7. The number of alkyl halides is 3. The molecule has 0 fully saturated rings. The van der Waals surface area contributed by atoms with E-state index in [-0.39, 0.29) is 46.0 Å². The maximum absolute atomic E-state index is 14.5. The van der Waals surface area contributed by atoms with E-state index < -0.39 is 29.2 Å². The van der Waals surface area contributed by atoms with E-state index in [1.807, 2.05) is 0 Å². The van der Waals surface area contributed by atoms with Crippen molar-refractivity contribution in [1.82, 2.24) is 14.6 Å². The van der Waals surface area contributed by atoms with Crippen LogP contribution in [0.4, 0.5) is 38.0 Å². The second kappa shape index (κ2) is 7.63. The Bertz CT molecular complexity index is 1230. The van der Waals surface area contributed by atoms with Crippen molar-refractivity contribution in [3.05, 3.63) is 53.5 Å². The van der Waals surface area contributed by atoms with Crippen molar-refractivity contribution in [2.75, 3.05) is 17.3 Å². The highest BCUT2D eigenvalue weighted by Gasteiger charge is 2.32. The van der Waals surface area contributed by atoms with Gasteiger partial charge >= 0.3 is 6.18 Å². The van der Waals surface area contributed by atoms with Crippen molar-refractivity contribution in [1.29, 1.82) is 0 Å². The summed E-state index contributed by atoms with van der Waals surface area (Å²) in [5.41, 5.74) is 1.43. The van der Waals surface area contributed by atoms with Crippen molar-refractivity contribution in [3.63, 3.8) is 0 Å². The Morgan fingerprint density at radius 1 is 1.07 bits per heavy atom. The number of anilines is 2. The number of H-pyrrole nitrogens is 1. The van der Waals surface area contributed by atoms with Gasteiger partial charge in [-0.2, -0.15) is 13.2 Å². The van der Waals surface area contributed by atoms with E-state index >= 15 is 0 Å². The number of rotatable bonds is 4. The Morgan fingerprint density at radius 2 is 1.80 bits per heavy atom. The first-order chi connectivity index (χ1) is 13.7.